The standard InChI is InChI=1S/C15H14Cl2N2O4/c1-8-11(9(2)23-19-8)7-22-14(20)6-18-15(21)10-3-4-12(16)13(17)5-10/h3-5H,6-7H2,1-2H3,(H,18,21). The molecule has 0 bridgehead atoms. The van der Waals surface area contributed by atoms with E-state index in [2.05, 4.69) is 10.5 Å². The molecule has 0 aliphatic rings. The predicted molar refractivity (Wildman–Crippen MR) is 84.6 cm³/mol. The molecule has 1 N–H and O–H groups in total. The zero-order valence-corrected chi connectivity index (χ0v) is 14.0. The van der Waals surface area contributed by atoms with Gasteiger partial charge >= 0.3 is 5.97 Å². The zero-order chi connectivity index (χ0) is 17.0. The van der Waals surface area contributed by atoms with E-state index < -0.39 is 11.9 Å². The normalized spacial score (nSPS) is 10.4. The Balaban J connectivity index is 1.84. The van der Waals surface area contributed by atoms with Gasteiger partial charge in [-0.1, -0.05) is 28.4 Å². The zero-order valence-electron chi connectivity index (χ0n) is 12.5. The van der Waals surface area contributed by atoms with Gasteiger partial charge in [0.15, 0.2) is 0 Å². The van der Waals surface area contributed by atoms with E-state index in [1.807, 2.05) is 0 Å². The summed E-state index contributed by atoms with van der Waals surface area (Å²) in [5.41, 5.74) is 1.68. The quantitative estimate of drug-likeness (QED) is 0.832. The summed E-state index contributed by atoms with van der Waals surface area (Å²) < 4.78 is 10.0. The summed E-state index contributed by atoms with van der Waals surface area (Å²) in [5, 5.41) is 6.83. The van der Waals surface area contributed by atoms with Crippen LogP contribution in [-0.4, -0.2) is 23.6 Å². The molecule has 0 fully saturated rings. The molecule has 2 aromatic rings. The maximum absolute atomic E-state index is 11.9. The second-order valence-electron chi connectivity index (χ2n) is 4.77. The number of nitrogens with one attached hydrogen (secondary N) is 1. The number of hydrogen-bond donors (Lipinski definition) is 1. The van der Waals surface area contributed by atoms with E-state index >= 15 is 0 Å². The topological polar surface area (TPSA) is 81.4 Å². The molecule has 0 radical (unpaired) electrons. The molecule has 2 rings (SSSR count). The molecule has 0 saturated heterocycles. The molecular formula is C15H14Cl2N2O4. The Bertz CT molecular complexity index is 724. The van der Waals surface area contributed by atoms with Crippen LogP contribution in [0.3, 0.4) is 0 Å². The first kappa shape index (κ1) is 17.3. The molecule has 23 heavy (non-hydrogen) atoms. The average molecular weight is 357 g/mol. The molecule has 0 aliphatic heterocycles. The number of carbonyl (C=O) groups is 2. The number of ether oxygens (including phenoxy) is 1. The van der Waals surface area contributed by atoms with Crippen LogP contribution in [0, 0.1) is 13.8 Å². The Kier molecular flexibility index (Phi) is 5.63. The summed E-state index contributed by atoms with van der Waals surface area (Å²) in [6.07, 6.45) is 0. The lowest BCUT2D eigenvalue weighted by atomic mass is 10.2. The third kappa shape index (κ3) is 4.46. The third-order valence-corrected chi connectivity index (χ3v) is 3.87. The highest BCUT2D eigenvalue weighted by atomic mass is 35.5. The molecular weight excluding hydrogens is 343 g/mol. The molecule has 1 aromatic carbocycles. The van der Waals surface area contributed by atoms with Crippen molar-refractivity contribution in [3.63, 3.8) is 0 Å². The van der Waals surface area contributed by atoms with Gasteiger partial charge in [-0.3, -0.25) is 9.59 Å². The number of nitrogens with zero attached hydrogens (tertiary/aromatic N) is 1. The van der Waals surface area contributed by atoms with Crippen molar-refractivity contribution < 1.29 is 18.8 Å². The van der Waals surface area contributed by atoms with Crippen LogP contribution >= 0.6 is 23.2 Å². The van der Waals surface area contributed by atoms with Crippen LogP contribution < -0.4 is 5.32 Å². The van der Waals surface area contributed by atoms with Gasteiger partial charge in [0.2, 0.25) is 0 Å². The van der Waals surface area contributed by atoms with Crippen molar-refractivity contribution in [2.75, 3.05) is 6.54 Å². The molecule has 0 aliphatic carbocycles. The van der Waals surface area contributed by atoms with E-state index in [-0.39, 0.29) is 18.2 Å². The van der Waals surface area contributed by atoms with E-state index in [4.69, 9.17) is 32.5 Å². The van der Waals surface area contributed by atoms with Crippen LogP contribution in [0.5, 0.6) is 0 Å². The van der Waals surface area contributed by atoms with E-state index in [0.717, 1.165) is 0 Å². The van der Waals surface area contributed by atoms with Crippen LogP contribution in [0.1, 0.15) is 27.4 Å². The fraction of sp³-hybridized carbons (Fsp3) is 0.267. The highest BCUT2D eigenvalue weighted by molar-refractivity contribution is 6.42. The van der Waals surface area contributed by atoms with Crippen molar-refractivity contribution in [3.05, 3.63) is 50.8 Å². The van der Waals surface area contributed by atoms with Crippen LogP contribution in [-0.2, 0) is 16.1 Å². The fourth-order valence-corrected chi connectivity index (χ4v) is 2.10. The van der Waals surface area contributed by atoms with Crippen molar-refractivity contribution in [1.82, 2.24) is 10.5 Å². The average Bonchev–Trinajstić information content (AvgIpc) is 2.84. The number of halogens is 2. The second kappa shape index (κ2) is 7.48. The first-order valence-corrected chi connectivity index (χ1v) is 7.44. The summed E-state index contributed by atoms with van der Waals surface area (Å²) in [6.45, 7) is 3.27. The van der Waals surface area contributed by atoms with Crippen molar-refractivity contribution in [3.8, 4) is 0 Å². The van der Waals surface area contributed by atoms with Gasteiger partial charge in [0, 0.05) is 5.56 Å². The van der Waals surface area contributed by atoms with Gasteiger partial charge in [0.25, 0.3) is 5.91 Å². The maximum Gasteiger partial charge on any atom is 0.325 e. The smallest absolute Gasteiger partial charge is 0.325 e. The van der Waals surface area contributed by atoms with Crippen LogP contribution in [0.4, 0.5) is 0 Å². The van der Waals surface area contributed by atoms with Gasteiger partial charge < -0.3 is 14.6 Å². The molecule has 0 spiro atoms. The summed E-state index contributed by atoms with van der Waals surface area (Å²) in [4.78, 5) is 23.6. The SMILES string of the molecule is Cc1noc(C)c1COC(=O)CNC(=O)c1ccc(Cl)c(Cl)c1. The summed E-state index contributed by atoms with van der Waals surface area (Å²) in [5.74, 6) is -0.425. The Morgan fingerprint density at radius 3 is 2.61 bits per heavy atom. The Hall–Kier alpha value is -2.05. The molecule has 0 atom stereocenters. The number of rotatable bonds is 5. The van der Waals surface area contributed by atoms with Gasteiger partial charge in [-0.2, -0.15) is 0 Å². The Labute approximate surface area is 142 Å². The second-order valence-corrected chi connectivity index (χ2v) is 5.59. The predicted octanol–water partition coefficient (Wildman–Crippen LogP) is 3.07. The number of carbonyl (C=O) groups excluding carboxylic acids is 2. The third-order valence-electron chi connectivity index (χ3n) is 3.13. The van der Waals surface area contributed by atoms with E-state index in [1.165, 1.54) is 18.2 Å². The monoisotopic (exact) mass is 356 g/mol. The number of aromatic nitrogens is 1. The van der Waals surface area contributed by atoms with Crippen LogP contribution in [0.25, 0.3) is 0 Å². The molecule has 0 unspecified atom stereocenters. The van der Waals surface area contributed by atoms with Crippen molar-refractivity contribution in [2.45, 2.75) is 20.5 Å². The Morgan fingerprint density at radius 1 is 1.26 bits per heavy atom. The largest absolute Gasteiger partial charge is 0.459 e. The van der Waals surface area contributed by atoms with Crippen LogP contribution in [0.2, 0.25) is 10.0 Å². The van der Waals surface area contributed by atoms with Gasteiger partial charge in [-0.05, 0) is 32.0 Å². The van der Waals surface area contributed by atoms with Crippen molar-refractivity contribution >= 4 is 35.1 Å². The highest BCUT2D eigenvalue weighted by Crippen LogP contribution is 2.22. The highest BCUT2D eigenvalue weighted by Gasteiger charge is 2.13. The minimum Gasteiger partial charge on any atom is -0.459 e. The van der Waals surface area contributed by atoms with Crippen molar-refractivity contribution in [1.29, 1.82) is 0 Å². The lowest BCUT2D eigenvalue weighted by Gasteiger charge is -2.07. The molecule has 0 saturated carbocycles. The number of hydrogen-bond acceptors (Lipinski definition) is 5. The van der Waals surface area contributed by atoms with Gasteiger partial charge in [0.1, 0.15) is 18.9 Å². The number of aryl methyl sites for hydroxylation is 2. The first-order valence-electron chi connectivity index (χ1n) is 6.69. The number of esters is 1. The number of benzene rings is 1. The van der Waals surface area contributed by atoms with Crippen molar-refractivity contribution in [2.24, 2.45) is 0 Å². The summed E-state index contributed by atoms with van der Waals surface area (Å²) >= 11 is 11.6. The lowest BCUT2D eigenvalue weighted by molar-refractivity contribution is -0.143. The first-order chi connectivity index (χ1) is 10.9. The summed E-state index contributed by atoms with van der Waals surface area (Å²) in [7, 11) is 0. The minimum atomic E-state index is -0.571. The molecule has 8 heteroatoms. The van der Waals surface area contributed by atoms with Crippen LogP contribution in [0.15, 0.2) is 22.7 Å². The van der Waals surface area contributed by atoms with Gasteiger partial charge in [-0.15, -0.1) is 0 Å². The van der Waals surface area contributed by atoms with Gasteiger partial charge in [0.05, 0.1) is 21.3 Å². The molecule has 122 valence electrons. The minimum absolute atomic E-state index is 0.0443. The lowest BCUT2D eigenvalue weighted by Crippen LogP contribution is -2.30. The molecule has 6 nitrogen and oxygen atoms in total. The number of amides is 1. The van der Waals surface area contributed by atoms with E-state index in [0.29, 0.717) is 27.6 Å². The Morgan fingerprint density at radius 2 is 2.00 bits per heavy atom. The van der Waals surface area contributed by atoms with E-state index in [9.17, 15) is 9.59 Å². The summed E-state index contributed by atoms with van der Waals surface area (Å²) in [6, 6.07) is 4.45. The molecule has 1 aromatic heterocycles. The fourth-order valence-electron chi connectivity index (χ4n) is 1.80. The molecule has 1 heterocycles. The maximum atomic E-state index is 11.9. The van der Waals surface area contributed by atoms with E-state index in [1.54, 1.807) is 13.8 Å². The van der Waals surface area contributed by atoms with Gasteiger partial charge in [-0.25, -0.2) is 0 Å². The molecule has 1 amide bonds.